The average Bonchev–Trinajstić information content (AvgIpc) is 3.36. The molecule has 10 aromatic carbocycles. The Morgan fingerprint density at radius 1 is 0.215 bits per heavy atom. The van der Waals surface area contributed by atoms with E-state index in [9.17, 15) is 0 Å². The van der Waals surface area contributed by atoms with Gasteiger partial charge in [0.1, 0.15) is 0 Å². The van der Waals surface area contributed by atoms with Gasteiger partial charge in [0.25, 0.3) is 0 Å². The highest BCUT2D eigenvalue weighted by molar-refractivity contribution is 6.27. The second-order valence-electron chi connectivity index (χ2n) is 17.1. The van der Waals surface area contributed by atoms with Crippen LogP contribution in [0.2, 0.25) is 0 Å². The summed E-state index contributed by atoms with van der Waals surface area (Å²) in [6.45, 7) is 14.1. The molecule has 10 rings (SSSR count). The van der Waals surface area contributed by atoms with Crippen LogP contribution in [0.4, 0.5) is 51.2 Å². The molecule has 0 N–H and O–H groups in total. The van der Waals surface area contributed by atoms with E-state index in [-0.39, 0.29) is 0 Å². The van der Waals surface area contributed by atoms with Crippen LogP contribution in [0.5, 0.6) is 0 Å². The minimum absolute atomic E-state index is 1.10. The molecule has 0 fully saturated rings. The Morgan fingerprint density at radius 2 is 0.446 bits per heavy atom. The van der Waals surface area contributed by atoms with Crippen molar-refractivity contribution in [3.63, 3.8) is 0 Å². The first-order chi connectivity index (χ1) is 31.8. The summed E-state index contributed by atoms with van der Waals surface area (Å²) in [7, 11) is 0. The number of hydrogen-bond acceptors (Lipinski definition) is 3. The molecule has 0 bridgehead atoms. The highest BCUT2D eigenvalue weighted by atomic mass is 15.2. The zero-order valence-corrected chi connectivity index (χ0v) is 38.0. The van der Waals surface area contributed by atoms with Crippen LogP contribution in [-0.2, 0) is 0 Å². The molecule has 0 aliphatic carbocycles. The summed E-state index contributed by atoms with van der Waals surface area (Å²) in [5, 5.41) is 4.99. The molecule has 316 valence electrons. The van der Waals surface area contributed by atoms with Crippen molar-refractivity contribution < 1.29 is 0 Å². The standard InChI is InChI=1S/C62H53N3/c1-42-44(3)61(64(51-34-20-10-21-35-51)52-36-22-11-23-37-52)47(6)58-55(42)59(48-28-14-7-15-29-48)56-46(5)60(63(49-30-16-8-17-31-49)50-32-18-9-19-33-50)45(4)43(2)57(56)62(58)65(53-38-24-12-25-39-53)54-40-26-13-27-41-54/h7-41H,1-6H3. The molecular weight excluding hydrogens is 787 g/mol. The summed E-state index contributed by atoms with van der Waals surface area (Å²) in [5.41, 5.74) is 20.1. The van der Waals surface area contributed by atoms with E-state index in [1.165, 1.54) is 83.1 Å². The summed E-state index contributed by atoms with van der Waals surface area (Å²) >= 11 is 0. The van der Waals surface area contributed by atoms with Crippen LogP contribution in [0, 0.1) is 41.5 Å². The van der Waals surface area contributed by atoms with Gasteiger partial charge in [-0.1, -0.05) is 140 Å². The van der Waals surface area contributed by atoms with Crippen LogP contribution >= 0.6 is 0 Å². The van der Waals surface area contributed by atoms with Crippen LogP contribution in [0.1, 0.15) is 33.4 Å². The predicted molar refractivity (Wildman–Crippen MR) is 279 cm³/mol. The Morgan fingerprint density at radius 3 is 0.769 bits per heavy atom. The number of nitrogens with zero attached hydrogens (tertiary/aromatic N) is 3. The molecule has 0 aliphatic rings. The van der Waals surface area contributed by atoms with Gasteiger partial charge in [0, 0.05) is 44.9 Å². The quantitative estimate of drug-likeness (QED) is 0.127. The van der Waals surface area contributed by atoms with Gasteiger partial charge in [-0.25, -0.2) is 0 Å². The lowest BCUT2D eigenvalue weighted by Gasteiger charge is -2.36. The summed E-state index contributed by atoms with van der Waals surface area (Å²) in [6, 6.07) is 76.4. The first kappa shape index (κ1) is 41.1. The fourth-order valence-electron chi connectivity index (χ4n) is 10.2. The van der Waals surface area contributed by atoms with Crippen LogP contribution < -0.4 is 14.7 Å². The number of aryl methyl sites for hydroxylation is 4. The number of anilines is 9. The zero-order chi connectivity index (χ0) is 44.6. The molecule has 0 atom stereocenters. The van der Waals surface area contributed by atoms with Crippen LogP contribution in [0.25, 0.3) is 32.7 Å². The molecule has 0 unspecified atom stereocenters. The minimum Gasteiger partial charge on any atom is -0.310 e. The molecule has 0 amide bonds. The molecule has 0 aliphatic heterocycles. The largest absolute Gasteiger partial charge is 0.310 e. The molecule has 0 saturated heterocycles. The van der Waals surface area contributed by atoms with Crippen molar-refractivity contribution in [1.82, 2.24) is 0 Å². The fraction of sp³-hybridized carbons (Fsp3) is 0.0968. The Labute approximate surface area is 384 Å². The molecule has 0 aromatic heterocycles. The van der Waals surface area contributed by atoms with Gasteiger partial charge in [-0.2, -0.15) is 0 Å². The molecule has 3 nitrogen and oxygen atoms in total. The smallest absolute Gasteiger partial charge is 0.0625 e. The lowest BCUT2D eigenvalue weighted by Crippen LogP contribution is -2.18. The molecule has 0 radical (unpaired) electrons. The van der Waals surface area contributed by atoms with Crippen LogP contribution in [0.3, 0.4) is 0 Å². The van der Waals surface area contributed by atoms with Gasteiger partial charge in [-0.15, -0.1) is 0 Å². The average molecular weight is 840 g/mol. The summed E-state index contributed by atoms with van der Waals surface area (Å²) in [6.07, 6.45) is 0. The molecule has 3 heteroatoms. The van der Waals surface area contributed by atoms with E-state index in [1.54, 1.807) is 0 Å². The predicted octanol–water partition coefficient (Wildman–Crippen LogP) is 17.9. The van der Waals surface area contributed by atoms with Crippen molar-refractivity contribution in [3.8, 4) is 11.1 Å². The lowest BCUT2D eigenvalue weighted by atomic mass is 9.80. The minimum atomic E-state index is 1.10. The summed E-state index contributed by atoms with van der Waals surface area (Å²) in [4.78, 5) is 7.46. The first-order valence-electron chi connectivity index (χ1n) is 22.6. The van der Waals surface area contributed by atoms with E-state index in [1.807, 2.05) is 0 Å². The third kappa shape index (κ3) is 7.10. The number of para-hydroxylation sites is 6. The van der Waals surface area contributed by atoms with E-state index in [4.69, 9.17) is 0 Å². The van der Waals surface area contributed by atoms with Gasteiger partial charge >= 0.3 is 0 Å². The fourth-order valence-corrected chi connectivity index (χ4v) is 10.2. The number of benzene rings is 10. The number of fused-ring (bicyclic) bond motifs is 2. The van der Waals surface area contributed by atoms with E-state index in [0.717, 1.165) is 34.1 Å². The second-order valence-corrected chi connectivity index (χ2v) is 17.1. The van der Waals surface area contributed by atoms with Crippen molar-refractivity contribution in [2.24, 2.45) is 0 Å². The normalized spacial score (nSPS) is 11.2. The number of hydrogen-bond donors (Lipinski definition) is 0. The Hall–Kier alpha value is -7.88. The van der Waals surface area contributed by atoms with Gasteiger partial charge in [-0.3, -0.25) is 0 Å². The SMILES string of the molecule is Cc1c(N(c2ccccc2)c2ccccc2)c(C)c2c(N(c3ccccc3)c3ccccc3)c3c(C)c(C)c(N(c4ccccc4)c4ccccc4)c(C)c3c(-c3ccccc3)c2c1C. The third-order valence-corrected chi connectivity index (χ3v) is 13.3. The molecule has 0 heterocycles. The van der Waals surface area contributed by atoms with Gasteiger partial charge < -0.3 is 14.7 Å². The van der Waals surface area contributed by atoms with E-state index >= 15 is 0 Å². The molecule has 10 aromatic rings. The monoisotopic (exact) mass is 839 g/mol. The maximum absolute atomic E-state index is 2.53. The van der Waals surface area contributed by atoms with Gasteiger partial charge in [0.15, 0.2) is 0 Å². The van der Waals surface area contributed by atoms with Crippen molar-refractivity contribution in [2.75, 3.05) is 14.7 Å². The van der Waals surface area contributed by atoms with Gasteiger partial charge in [0.05, 0.1) is 17.1 Å². The highest BCUT2D eigenvalue weighted by Gasteiger charge is 2.32. The molecule has 0 saturated carbocycles. The molecule has 0 spiro atoms. The summed E-state index contributed by atoms with van der Waals surface area (Å²) < 4.78 is 0. The lowest BCUT2D eigenvalue weighted by molar-refractivity contribution is 1.20. The van der Waals surface area contributed by atoms with Crippen molar-refractivity contribution in [2.45, 2.75) is 41.5 Å². The zero-order valence-electron chi connectivity index (χ0n) is 38.0. The van der Waals surface area contributed by atoms with Crippen molar-refractivity contribution in [1.29, 1.82) is 0 Å². The Kier molecular flexibility index (Phi) is 11.0. The van der Waals surface area contributed by atoms with Gasteiger partial charge in [0.2, 0.25) is 0 Å². The van der Waals surface area contributed by atoms with Crippen LogP contribution in [0.15, 0.2) is 212 Å². The maximum atomic E-state index is 2.53. The van der Waals surface area contributed by atoms with E-state index in [2.05, 4.69) is 269 Å². The second kappa shape index (κ2) is 17.4. The van der Waals surface area contributed by atoms with Gasteiger partial charge in [-0.05, 0) is 170 Å². The Bertz CT molecular complexity index is 3160. The Balaban J connectivity index is 1.48. The topological polar surface area (TPSA) is 9.72 Å². The maximum Gasteiger partial charge on any atom is 0.0625 e. The van der Waals surface area contributed by atoms with Crippen molar-refractivity contribution in [3.05, 3.63) is 246 Å². The van der Waals surface area contributed by atoms with E-state index < -0.39 is 0 Å². The molecular formula is C62H53N3. The van der Waals surface area contributed by atoms with Crippen LogP contribution in [-0.4, -0.2) is 0 Å². The van der Waals surface area contributed by atoms with Crippen molar-refractivity contribution >= 4 is 72.7 Å². The first-order valence-corrected chi connectivity index (χ1v) is 22.6. The third-order valence-electron chi connectivity index (χ3n) is 13.3. The molecule has 65 heavy (non-hydrogen) atoms. The summed E-state index contributed by atoms with van der Waals surface area (Å²) in [5.74, 6) is 0. The highest BCUT2D eigenvalue weighted by Crippen LogP contribution is 2.57. The number of rotatable bonds is 10. The van der Waals surface area contributed by atoms with E-state index in [0.29, 0.717) is 0 Å².